The van der Waals surface area contributed by atoms with E-state index in [0.717, 1.165) is 6.42 Å². The molecule has 1 saturated heterocycles. The highest BCUT2D eigenvalue weighted by Gasteiger charge is 2.58. The third-order valence-electron chi connectivity index (χ3n) is 3.45. The molecule has 18 heavy (non-hydrogen) atoms. The first kappa shape index (κ1) is 12.5. The zero-order valence-corrected chi connectivity index (χ0v) is 10.4. The Morgan fingerprint density at radius 1 is 1.56 bits per heavy atom. The van der Waals surface area contributed by atoms with Crippen LogP contribution in [0.5, 0.6) is 0 Å². The first-order chi connectivity index (χ1) is 8.57. The smallest absolute Gasteiger partial charge is 0.325 e. The van der Waals surface area contributed by atoms with E-state index in [1.54, 1.807) is 18.3 Å². The summed E-state index contributed by atoms with van der Waals surface area (Å²) in [6.07, 6.45) is 2.47. The number of rotatable bonds is 4. The maximum atomic E-state index is 12.2. The zero-order valence-electron chi connectivity index (χ0n) is 10.4. The van der Waals surface area contributed by atoms with Crippen molar-refractivity contribution in [1.29, 1.82) is 0 Å². The van der Waals surface area contributed by atoms with Gasteiger partial charge in [-0.05, 0) is 6.42 Å². The van der Waals surface area contributed by atoms with Crippen molar-refractivity contribution >= 4 is 24.6 Å². The molecular formula is C11H16N4O3. The van der Waals surface area contributed by atoms with E-state index in [1.807, 2.05) is 6.92 Å². The fourth-order valence-corrected chi connectivity index (χ4v) is 2.53. The number of aliphatic imine (C=N–C) groups is 1. The van der Waals surface area contributed by atoms with E-state index in [2.05, 4.69) is 10.3 Å². The molecule has 7 heteroatoms. The third-order valence-corrected chi connectivity index (χ3v) is 3.45. The second-order valence-corrected chi connectivity index (χ2v) is 4.50. The standard InChI is InChI=1S/C11H16N4O3/c1-3-5-15-7-12-8-11(15,4-6-16)9(17)13-10(18)14(8)2/h6-8H,3-5H2,1-2H3,(H,13,17,18). The molecule has 0 bridgehead atoms. The molecule has 2 atom stereocenters. The summed E-state index contributed by atoms with van der Waals surface area (Å²) in [6.45, 7) is 2.59. The summed E-state index contributed by atoms with van der Waals surface area (Å²) in [5, 5.41) is 2.28. The Balaban J connectivity index is 2.42. The van der Waals surface area contributed by atoms with Gasteiger partial charge in [0.2, 0.25) is 0 Å². The summed E-state index contributed by atoms with van der Waals surface area (Å²) in [5.41, 5.74) is -1.08. The van der Waals surface area contributed by atoms with E-state index in [9.17, 15) is 14.4 Å². The minimum atomic E-state index is -1.08. The molecule has 0 aromatic heterocycles. The average molecular weight is 252 g/mol. The first-order valence-corrected chi connectivity index (χ1v) is 5.89. The zero-order chi connectivity index (χ0) is 13.3. The lowest BCUT2D eigenvalue weighted by Gasteiger charge is -2.45. The quantitative estimate of drug-likeness (QED) is 0.689. The summed E-state index contributed by atoms with van der Waals surface area (Å²) in [4.78, 5) is 42.0. The van der Waals surface area contributed by atoms with Crippen LogP contribution >= 0.6 is 0 Å². The number of hydrogen-bond acceptors (Lipinski definition) is 5. The number of imide groups is 1. The lowest BCUT2D eigenvalue weighted by atomic mass is 9.87. The van der Waals surface area contributed by atoms with Gasteiger partial charge in [0.25, 0.3) is 5.91 Å². The highest BCUT2D eigenvalue weighted by molar-refractivity contribution is 6.05. The van der Waals surface area contributed by atoms with Crippen molar-refractivity contribution in [2.45, 2.75) is 31.5 Å². The number of urea groups is 1. The molecule has 0 saturated carbocycles. The molecule has 7 nitrogen and oxygen atoms in total. The van der Waals surface area contributed by atoms with Gasteiger partial charge in [-0.25, -0.2) is 9.79 Å². The number of likely N-dealkylation sites (N-methyl/N-ethyl adjacent to an activating group) is 1. The highest BCUT2D eigenvalue weighted by atomic mass is 16.2. The van der Waals surface area contributed by atoms with Gasteiger partial charge in [-0.2, -0.15) is 0 Å². The van der Waals surface area contributed by atoms with Gasteiger partial charge in [-0.15, -0.1) is 0 Å². The van der Waals surface area contributed by atoms with Crippen LogP contribution < -0.4 is 5.32 Å². The van der Waals surface area contributed by atoms with Crippen LogP contribution in [-0.4, -0.2) is 59.7 Å². The lowest BCUT2D eigenvalue weighted by Crippen LogP contribution is -2.72. The first-order valence-electron chi connectivity index (χ1n) is 5.89. The highest BCUT2D eigenvalue weighted by Crippen LogP contribution is 2.34. The Labute approximate surface area is 105 Å². The molecule has 2 aliphatic heterocycles. The maximum Gasteiger partial charge on any atom is 0.325 e. The second kappa shape index (κ2) is 4.40. The molecule has 3 amide bonds. The predicted molar refractivity (Wildman–Crippen MR) is 64.0 cm³/mol. The number of nitrogens with one attached hydrogen (secondary N) is 1. The Morgan fingerprint density at radius 3 is 2.89 bits per heavy atom. The Kier molecular flexibility index (Phi) is 3.06. The van der Waals surface area contributed by atoms with Crippen LogP contribution in [0.4, 0.5) is 4.79 Å². The fourth-order valence-electron chi connectivity index (χ4n) is 2.53. The van der Waals surface area contributed by atoms with Gasteiger partial charge < -0.3 is 14.6 Å². The third kappa shape index (κ3) is 1.50. The Hall–Kier alpha value is -1.92. The van der Waals surface area contributed by atoms with Gasteiger partial charge in [0.05, 0.1) is 6.34 Å². The van der Waals surface area contributed by atoms with Crippen LogP contribution in [-0.2, 0) is 9.59 Å². The second-order valence-electron chi connectivity index (χ2n) is 4.50. The molecule has 98 valence electrons. The number of carbonyl (C=O) groups is 3. The van der Waals surface area contributed by atoms with E-state index in [1.165, 1.54) is 4.90 Å². The summed E-state index contributed by atoms with van der Waals surface area (Å²) < 4.78 is 0. The number of carbonyl (C=O) groups excluding carboxylic acids is 3. The van der Waals surface area contributed by atoms with Crippen molar-refractivity contribution in [2.75, 3.05) is 13.6 Å². The molecule has 0 spiro atoms. The topological polar surface area (TPSA) is 82.1 Å². The summed E-state index contributed by atoms with van der Waals surface area (Å²) in [7, 11) is 1.57. The van der Waals surface area contributed by atoms with E-state index in [4.69, 9.17) is 0 Å². The molecule has 2 rings (SSSR count). The molecule has 1 fully saturated rings. The summed E-state index contributed by atoms with van der Waals surface area (Å²) >= 11 is 0. The van der Waals surface area contributed by atoms with Crippen LogP contribution in [0, 0.1) is 0 Å². The van der Waals surface area contributed by atoms with Gasteiger partial charge in [0, 0.05) is 20.0 Å². The fraction of sp³-hybridized carbons (Fsp3) is 0.636. The molecule has 0 aliphatic carbocycles. The van der Waals surface area contributed by atoms with Crippen LogP contribution in [0.25, 0.3) is 0 Å². The number of nitrogens with zero attached hydrogens (tertiary/aromatic N) is 3. The summed E-state index contributed by atoms with van der Waals surface area (Å²) in [5.74, 6) is -0.450. The van der Waals surface area contributed by atoms with E-state index < -0.39 is 23.6 Å². The van der Waals surface area contributed by atoms with Gasteiger partial charge in [-0.1, -0.05) is 6.92 Å². The average Bonchev–Trinajstić information content (AvgIpc) is 2.68. The SMILES string of the molecule is CCCN1C=NC2N(C)C(=O)NC(=O)C21CC=O. The number of hydrogen-bond donors (Lipinski definition) is 1. The van der Waals surface area contributed by atoms with Gasteiger partial charge >= 0.3 is 6.03 Å². The molecule has 0 aromatic carbocycles. The van der Waals surface area contributed by atoms with Crippen LogP contribution in [0.1, 0.15) is 19.8 Å². The lowest BCUT2D eigenvalue weighted by molar-refractivity contribution is -0.137. The monoisotopic (exact) mass is 252 g/mol. The van der Waals surface area contributed by atoms with Crippen LogP contribution in [0.3, 0.4) is 0 Å². The van der Waals surface area contributed by atoms with Crippen molar-refractivity contribution in [3.63, 3.8) is 0 Å². The number of fused-ring (bicyclic) bond motifs is 1. The minimum absolute atomic E-state index is 0.0150. The molecular weight excluding hydrogens is 236 g/mol. The van der Waals surface area contributed by atoms with Crippen molar-refractivity contribution in [1.82, 2.24) is 15.1 Å². The molecule has 2 heterocycles. The molecule has 1 N–H and O–H groups in total. The minimum Gasteiger partial charge on any atom is -0.345 e. The van der Waals surface area contributed by atoms with Gasteiger partial charge in [-0.3, -0.25) is 10.1 Å². The van der Waals surface area contributed by atoms with E-state index >= 15 is 0 Å². The normalized spacial score (nSPS) is 30.4. The van der Waals surface area contributed by atoms with Crippen molar-refractivity contribution in [2.24, 2.45) is 4.99 Å². The largest absolute Gasteiger partial charge is 0.345 e. The summed E-state index contributed by atoms with van der Waals surface area (Å²) in [6, 6.07) is -0.484. The molecule has 2 unspecified atom stereocenters. The molecule has 0 radical (unpaired) electrons. The number of aldehydes is 1. The number of amides is 3. The van der Waals surface area contributed by atoms with E-state index in [0.29, 0.717) is 12.8 Å². The van der Waals surface area contributed by atoms with Crippen molar-refractivity contribution in [3.8, 4) is 0 Å². The van der Waals surface area contributed by atoms with Gasteiger partial charge in [0.1, 0.15) is 6.29 Å². The van der Waals surface area contributed by atoms with Crippen LogP contribution in [0.2, 0.25) is 0 Å². The van der Waals surface area contributed by atoms with Crippen molar-refractivity contribution in [3.05, 3.63) is 0 Å². The Morgan fingerprint density at radius 2 is 2.28 bits per heavy atom. The molecule has 2 aliphatic rings. The predicted octanol–water partition coefficient (Wildman–Crippen LogP) is -0.424. The van der Waals surface area contributed by atoms with E-state index in [-0.39, 0.29) is 6.42 Å². The molecule has 0 aromatic rings. The maximum absolute atomic E-state index is 12.2. The Bertz CT molecular complexity index is 423. The van der Waals surface area contributed by atoms with Crippen molar-refractivity contribution < 1.29 is 14.4 Å². The van der Waals surface area contributed by atoms with Gasteiger partial charge in [0.15, 0.2) is 11.7 Å². The van der Waals surface area contributed by atoms with Crippen LogP contribution in [0.15, 0.2) is 4.99 Å².